The molecule has 0 fully saturated rings. The van der Waals surface area contributed by atoms with E-state index < -0.39 is 0 Å². The van der Waals surface area contributed by atoms with Crippen molar-refractivity contribution in [3.63, 3.8) is 0 Å². The highest BCUT2D eigenvalue weighted by molar-refractivity contribution is 7.18. The number of aromatic nitrogens is 2. The van der Waals surface area contributed by atoms with Crippen molar-refractivity contribution in [2.24, 2.45) is 0 Å². The Balaban J connectivity index is 1.47. The molecule has 0 bridgehead atoms. The molecule has 0 spiro atoms. The van der Waals surface area contributed by atoms with E-state index in [1.165, 1.54) is 34.2 Å². The van der Waals surface area contributed by atoms with E-state index in [0.717, 1.165) is 10.4 Å². The lowest BCUT2D eigenvalue weighted by molar-refractivity contribution is -0.133. The van der Waals surface area contributed by atoms with E-state index in [9.17, 15) is 14.4 Å². The van der Waals surface area contributed by atoms with Crippen LogP contribution in [0.2, 0.25) is 5.02 Å². The van der Waals surface area contributed by atoms with Crippen LogP contribution in [-0.2, 0) is 16.1 Å². The molecular weight excluding hydrogens is 456 g/mol. The molecule has 0 unspecified atom stereocenters. The molecule has 3 aromatic heterocycles. The number of fused-ring (bicyclic) bond motifs is 1. The summed E-state index contributed by atoms with van der Waals surface area (Å²) in [5.74, 6) is -0.741. The molecule has 1 N–H and O–H groups in total. The predicted octanol–water partition coefficient (Wildman–Crippen LogP) is 3.94. The molecule has 4 rings (SSSR count). The van der Waals surface area contributed by atoms with Gasteiger partial charge in [-0.15, -0.1) is 22.7 Å². The summed E-state index contributed by atoms with van der Waals surface area (Å²) in [6, 6.07) is 10.6. The van der Waals surface area contributed by atoms with Gasteiger partial charge in [-0.25, -0.2) is 4.98 Å². The standard InChI is InChI=1S/C21H17ClN4O3S2/c1-25(9-17(27)24-14-5-2-4-13(22)8-14)18(28)10-26-12-23-20-19(21(26)29)15(11-31-20)16-6-3-7-30-16/h2-8,11-12H,9-10H2,1H3,(H,24,27). The Kier molecular flexibility index (Phi) is 6.17. The van der Waals surface area contributed by atoms with Crippen molar-refractivity contribution in [2.45, 2.75) is 6.54 Å². The van der Waals surface area contributed by atoms with Crippen molar-refractivity contribution in [3.05, 3.63) is 68.9 Å². The topological polar surface area (TPSA) is 84.3 Å². The van der Waals surface area contributed by atoms with Gasteiger partial charge >= 0.3 is 0 Å². The summed E-state index contributed by atoms with van der Waals surface area (Å²) in [5.41, 5.74) is 1.09. The fourth-order valence-corrected chi connectivity index (χ4v) is 4.94. The number of nitrogens with one attached hydrogen (secondary N) is 1. The van der Waals surface area contributed by atoms with E-state index in [4.69, 9.17) is 11.6 Å². The second-order valence-electron chi connectivity index (χ2n) is 6.79. The second-order valence-corrected chi connectivity index (χ2v) is 9.04. The van der Waals surface area contributed by atoms with Crippen LogP contribution in [0, 0.1) is 0 Å². The SMILES string of the molecule is CN(CC(=O)Nc1cccc(Cl)c1)C(=O)Cn1cnc2scc(-c3cccs3)c2c1=O. The zero-order valence-electron chi connectivity index (χ0n) is 16.4. The molecule has 0 aliphatic carbocycles. The number of carbonyl (C=O) groups is 2. The quantitative estimate of drug-likeness (QED) is 0.460. The van der Waals surface area contributed by atoms with Gasteiger partial charge in [-0.1, -0.05) is 23.7 Å². The van der Waals surface area contributed by atoms with E-state index in [1.54, 1.807) is 35.6 Å². The average molecular weight is 473 g/mol. The molecular formula is C21H17ClN4O3S2. The van der Waals surface area contributed by atoms with Gasteiger partial charge in [-0.3, -0.25) is 19.0 Å². The number of benzene rings is 1. The summed E-state index contributed by atoms with van der Waals surface area (Å²) in [6.07, 6.45) is 1.37. The number of halogens is 1. The maximum absolute atomic E-state index is 13.0. The largest absolute Gasteiger partial charge is 0.335 e. The van der Waals surface area contributed by atoms with Crippen LogP contribution in [-0.4, -0.2) is 39.9 Å². The highest BCUT2D eigenvalue weighted by atomic mass is 35.5. The van der Waals surface area contributed by atoms with Gasteiger partial charge in [0.15, 0.2) is 0 Å². The van der Waals surface area contributed by atoms with E-state index >= 15 is 0 Å². The summed E-state index contributed by atoms with van der Waals surface area (Å²) < 4.78 is 1.28. The van der Waals surface area contributed by atoms with Gasteiger partial charge in [0.25, 0.3) is 5.56 Å². The van der Waals surface area contributed by atoms with E-state index in [-0.39, 0.29) is 30.5 Å². The van der Waals surface area contributed by atoms with Crippen molar-refractivity contribution in [2.75, 3.05) is 18.9 Å². The van der Waals surface area contributed by atoms with Crippen LogP contribution in [0.4, 0.5) is 5.69 Å². The predicted molar refractivity (Wildman–Crippen MR) is 125 cm³/mol. The van der Waals surface area contributed by atoms with E-state index in [1.807, 2.05) is 22.9 Å². The number of likely N-dealkylation sites (N-methyl/N-ethyl adjacent to an activating group) is 1. The number of amides is 2. The van der Waals surface area contributed by atoms with Gasteiger partial charge < -0.3 is 10.2 Å². The summed E-state index contributed by atoms with van der Waals surface area (Å²) >= 11 is 8.85. The lowest BCUT2D eigenvalue weighted by Crippen LogP contribution is -2.38. The minimum Gasteiger partial charge on any atom is -0.335 e. The van der Waals surface area contributed by atoms with Crippen LogP contribution in [0.1, 0.15) is 0 Å². The number of hydrogen-bond acceptors (Lipinski definition) is 6. The summed E-state index contributed by atoms with van der Waals surface area (Å²) in [5, 5.41) is 7.55. The zero-order chi connectivity index (χ0) is 22.0. The highest BCUT2D eigenvalue weighted by Crippen LogP contribution is 2.33. The molecule has 0 radical (unpaired) electrons. The summed E-state index contributed by atoms with van der Waals surface area (Å²) in [7, 11) is 1.51. The van der Waals surface area contributed by atoms with Crippen LogP contribution >= 0.6 is 34.3 Å². The number of nitrogens with zero attached hydrogens (tertiary/aromatic N) is 3. The van der Waals surface area contributed by atoms with Crippen LogP contribution < -0.4 is 10.9 Å². The maximum Gasteiger partial charge on any atom is 0.263 e. The molecule has 0 saturated carbocycles. The summed E-state index contributed by atoms with van der Waals surface area (Å²) in [6.45, 7) is -0.364. The van der Waals surface area contributed by atoms with Gasteiger partial charge in [0.05, 0.1) is 18.3 Å². The number of thiophene rings is 2. The van der Waals surface area contributed by atoms with Crippen molar-refractivity contribution in [1.82, 2.24) is 14.5 Å². The first-order valence-corrected chi connectivity index (χ1v) is 11.4. The van der Waals surface area contributed by atoms with Crippen molar-refractivity contribution in [1.29, 1.82) is 0 Å². The molecule has 10 heteroatoms. The normalized spacial score (nSPS) is 10.9. The first-order valence-electron chi connectivity index (χ1n) is 9.22. The highest BCUT2D eigenvalue weighted by Gasteiger charge is 2.18. The molecule has 0 aliphatic heterocycles. The molecule has 4 aromatic rings. The molecule has 0 aliphatic rings. The Morgan fingerprint density at radius 2 is 2.06 bits per heavy atom. The van der Waals surface area contributed by atoms with Crippen molar-refractivity contribution < 1.29 is 9.59 Å². The Hall–Kier alpha value is -3.01. The molecule has 31 heavy (non-hydrogen) atoms. The monoisotopic (exact) mass is 472 g/mol. The second kappa shape index (κ2) is 9.01. The Bertz CT molecular complexity index is 1310. The van der Waals surface area contributed by atoms with E-state index in [0.29, 0.717) is 20.9 Å². The molecule has 0 atom stereocenters. The lowest BCUT2D eigenvalue weighted by atomic mass is 10.2. The number of rotatable bonds is 6. The molecule has 7 nitrogen and oxygen atoms in total. The minimum absolute atomic E-state index is 0.158. The molecule has 158 valence electrons. The molecule has 2 amide bonds. The fourth-order valence-electron chi connectivity index (χ4n) is 3.03. The summed E-state index contributed by atoms with van der Waals surface area (Å²) in [4.78, 5) is 45.1. The average Bonchev–Trinajstić information content (AvgIpc) is 3.39. The van der Waals surface area contributed by atoms with Crippen LogP contribution in [0.5, 0.6) is 0 Å². The van der Waals surface area contributed by atoms with Gasteiger partial charge in [0.1, 0.15) is 11.4 Å². The smallest absolute Gasteiger partial charge is 0.263 e. The molecule has 0 saturated heterocycles. The van der Waals surface area contributed by atoms with Gasteiger partial charge in [-0.05, 0) is 29.6 Å². The Morgan fingerprint density at radius 1 is 1.23 bits per heavy atom. The fraction of sp³-hybridized carbons (Fsp3) is 0.143. The Morgan fingerprint density at radius 3 is 2.81 bits per heavy atom. The van der Waals surface area contributed by atoms with Gasteiger partial charge in [-0.2, -0.15) is 0 Å². The van der Waals surface area contributed by atoms with Gasteiger partial charge in [0, 0.05) is 33.6 Å². The first kappa shape index (κ1) is 21.2. The zero-order valence-corrected chi connectivity index (χ0v) is 18.8. The number of carbonyl (C=O) groups excluding carboxylic acids is 2. The maximum atomic E-state index is 13.0. The third-order valence-electron chi connectivity index (χ3n) is 4.57. The number of hydrogen-bond donors (Lipinski definition) is 1. The van der Waals surface area contributed by atoms with Crippen molar-refractivity contribution >= 4 is 62.0 Å². The number of anilines is 1. The van der Waals surface area contributed by atoms with Gasteiger partial charge in [0.2, 0.25) is 11.8 Å². The molecule has 1 aromatic carbocycles. The van der Waals surface area contributed by atoms with Crippen molar-refractivity contribution in [3.8, 4) is 10.4 Å². The van der Waals surface area contributed by atoms with E-state index in [2.05, 4.69) is 10.3 Å². The first-order chi connectivity index (χ1) is 14.9. The third-order valence-corrected chi connectivity index (χ3v) is 6.59. The van der Waals surface area contributed by atoms with Crippen LogP contribution in [0.3, 0.4) is 0 Å². The lowest BCUT2D eigenvalue weighted by Gasteiger charge is -2.17. The Labute approximate surface area is 190 Å². The van der Waals surface area contributed by atoms with Crippen LogP contribution in [0.25, 0.3) is 20.7 Å². The van der Waals surface area contributed by atoms with Crippen LogP contribution in [0.15, 0.2) is 58.3 Å². The minimum atomic E-state index is -0.377. The molecule has 3 heterocycles. The third kappa shape index (κ3) is 4.68.